The minimum Gasteiger partial charge on any atom is -0.294 e. The van der Waals surface area contributed by atoms with E-state index >= 15 is 0 Å². The first-order valence-electron chi connectivity index (χ1n) is 6.70. The lowest BCUT2D eigenvalue weighted by molar-refractivity contribution is 0.0942. The minimum atomic E-state index is -3.19. The largest absolute Gasteiger partial charge is 0.294 e. The molecular formula is C14H17Cl2NO3S. The van der Waals surface area contributed by atoms with Crippen LogP contribution in [0.5, 0.6) is 0 Å². The molecule has 1 saturated heterocycles. The maximum Gasteiger partial charge on any atom is 0.211 e. The van der Waals surface area contributed by atoms with E-state index in [0.29, 0.717) is 35.1 Å². The molecule has 1 aliphatic rings. The highest BCUT2D eigenvalue weighted by Crippen LogP contribution is 2.25. The third-order valence-electron chi connectivity index (χ3n) is 3.61. The van der Waals surface area contributed by atoms with Crippen molar-refractivity contribution in [1.29, 1.82) is 0 Å². The summed E-state index contributed by atoms with van der Waals surface area (Å²) < 4.78 is 24.6. The van der Waals surface area contributed by atoms with E-state index in [-0.39, 0.29) is 11.7 Å². The van der Waals surface area contributed by atoms with Crippen LogP contribution in [0.3, 0.4) is 0 Å². The predicted molar refractivity (Wildman–Crippen MR) is 84.6 cm³/mol. The third-order valence-corrected chi connectivity index (χ3v) is 5.32. The number of Topliss-reactive ketones (excluding diaryl/α,β-unsaturated/α-hetero) is 1. The number of carbonyl (C=O) groups excluding carboxylic acids is 1. The highest BCUT2D eigenvalue weighted by Gasteiger charge is 2.27. The molecule has 1 aromatic rings. The maximum absolute atomic E-state index is 12.3. The summed E-state index contributed by atoms with van der Waals surface area (Å²) >= 11 is 11.8. The van der Waals surface area contributed by atoms with Gasteiger partial charge < -0.3 is 0 Å². The van der Waals surface area contributed by atoms with E-state index in [1.54, 1.807) is 18.2 Å². The van der Waals surface area contributed by atoms with Crippen LogP contribution in [0.1, 0.15) is 29.6 Å². The topological polar surface area (TPSA) is 54.5 Å². The smallest absolute Gasteiger partial charge is 0.211 e. The molecule has 4 nitrogen and oxygen atoms in total. The van der Waals surface area contributed by atoms with Gasteiger partial charge in [-0.2, -0.15) is 0 Å². The van der Waals surface area contributed by atoms with Crippen molar-refractivity contribution < 1.29 is 13.2 Å². The van der Waals surface area contributed by atoms with E-state index in [4.69, 9.17) is 23.2 Å². The first kappa shape index (κ1) is 16.7. The van der Waals surface area contributed by atoms with Crippen LogP contribution in [-0.4, -0.2) is 37.9 Å². The van der Waals surface area contributed by atoms with E-state index in [1.165, 1.54) is 10.6 Å². The van der Waals surface area contributed by atoms with Gasteiger partial charge in [-0.1, -0.05) is 23.2 Å². The summed E-state index contributed by atoms with van der Waals surface area (Å²) in [5.41, 5.74) is 0.476. The van der Waals surface area contributed by atoms with E-state index in [2.05, 4.69) is 0 Å². The Bertz CT molecular complexity index is 625. The monoisotopic (exact) mass is 349 g/mol. The van der Waals surface area contributed by atoms with Crippen molar-refractivity contribution in [2.75, 3.05) is 19.3 Å². The highest BCUT2D eigenvalue weighted by molar-refractivity contribution is 7.88. The van der Waals surface area contributed by atoms with Crippen LogP contribution in [0.15, 0.2) is 18.2 Å². The number of ketones is 1. The molecule has 0 radical (unpaired) electrons. The van der Waals surface area contributed by atoms with Crippen LogP contribution in [0.2, 0.25) is 10.0 Å². The number of sulfonamides is 1. The summed E-state index contributed by atoms with van der Waals surface area (Å²) in [4.78, 5) is 12.3. The van der Waals surface area contributed by atoms with Crippen molar-refractivity contribution in [3.8, 4) is 0 Å². The van der Waals surface area contributed by atoms with Crippen LogP contribution >= 0.6 is 23.2 Å². The molecule has 0 spiro atoms. The van der Waals surface area contributed by atoms with E-state index in [9.17, 15) is 13.2 Å². The van der Waals surface area contributed by atoms with E-state index in [1.807, 2.05) is 0 Å². The van der Waals surface area contributed by atoms with Crippen molar-refractivity contribution in [2.24, 2.45) is 5.92 Å². The average Bonchev–Trinajstić information content (AvgIpc) is 2.37. The summed E-state index contributed by atoms with van der Waals surface area (Å²) in [5.74, 6) is -0.0153. The molecule has 1 aromatic carbocycles. The number of benzene rings is 1. The average molecular weight is 350 g/mol. The fourth-order valence-corrected chi connectivity index (χ4v) is 4.06. The molecule has 0 aliphatic carbocycles. The zero-order chi connectivity index (χ0) is 15.6. The van der Waals surface area contributed by atoms with Crippen molar-refractivity contribution in [3.05, 3.63) is 33.8 Å². The summed E-state index contributed by atoms with van der Waals surface area (Å²) in [6.45, 7) is 0.936. The molecule has 0 N–H and O–H groups in total. The van der Waals surface area contributed by atoms with Gasteiger partial charge in [-0.25, -0.2) is 12.7 Å². The number of carbonyl (C=O) groups is 1. The summed E-state index contributed by atoms with van der Waals surface area (Å²) in [6.07, 6.45) is 3.14. The van der Waals surface area contributed by atoms with Gasteiger partial charge in [0.2, 0.25) is 10.0 Å². The van der Waals surface area contributed by atoms with E-state index in [0.717, 1.165) is 12.8 Å². The second kappa shape index (κ2) is 6.65. The molecule has 1 unspecified atom stereocenters. The Morgan fingerprint density at radius 2 is 1.90 bits per heavy atom. The Hall–Kier alpha value is -0.620. The SMILES string of the molecule is CS(=O)(=O)N1CCCC(CC(=O)c2cc(Cl)cc(Cl)c2)C1. The molecule has 116 valence electrons. The molecule has 0 saturated carbocycles. The molecule has 0 bridgehead atoms. The Kier molecular flexibility index (Phi) is 5.30. The fourth-order valence-electron chi connectivity index (χ4n) is 2.59. The molecule has 21 heavy (non-hydrogen) atoms. The fraction of sp³-hybridized carbons (Fsp3) is 0.500. The van der Waals surface area contributed by atoms with E-state index < -0.39 is 10.0 Å². The normalized spacial score (nSPS) is 20.4. The Morgan fingerprint density at radius 1 is 1.29 bits per heavy atom. The summed E-state index contributed by atoms with van der Waals surface area (Å²) in [6, 6.07) is 4.76. The molecule has 2 rings (SSSR count). The molecule has 1 fully saturated rings. The van der Waals surface area contributed by atoms with Gasteiger partial charge in [0.25, 0.3) is 0 Å². The lowest BCUT2D eigenvalue weighted by Gasteiger charge is -2.30. The van der Waals surface area contributed by atoms with Crippen molar-refractivity contribution in [3.63, 3.8) is 0 Å². The number of halogens is 2. The van der Waals surface area contributed by atoms with Gasteiger partial charge >= 0.3 is 0 Å². The molecular weight excluding hydrogens is 333 g/mol. The van der Waals surface area contributed by atoms with Gasteiger partial charge in [-0.15, -0.1) is 0 Å². The van der Waals surface area contributed by atoms with Crippen molar-refractivity contribution in [1.82, 2.24) is 4.31 Å². The van der Waals surface area contributed by atoms with Crippen LogP contribution < -0.4 is 0 Å². The number of piperidine rings is 1. The van der Waals surface area contributed by atoms with Crippen LogP contribution in [0.4, 0.5) is 0 Å². The third kappa shape index (κ3) is 4.68. The Balaban J connectivity index is 2.05. The second-order valence-corrected chi connectivity index (χ2v) is 8.27. The zero-order valence-corrected chi connectivity index (χ0v) is 14.0. The van der Waals surface area contributed by atoms with Gasteiger partial charge in [0.05, 0.1) is 6.26 Å². The second-order valence-electron chi connectivity index (χ2n) is 5.41. The molecule has 1 atom stereocenters. The van der Waals surface area contributed by atoms with Crippen LogP contribution in [0.25, 0.3) is 0 Å². The highest BCUT2D eigenvalue weighted by atomic mass is 35.5. The van der Waals surface area contributed by atoms with Gasteiger partial charge in [0.15, 0.2) is 5.78 Å². The first-order chi connectivity index (χ1) is 9.75. The van der Waals surface area contributed by atoms with Gasteiger partial charge in [-0.05, 0) is 37.0 Å². The number of hydrogen-bond donors (Lipinski definition) is 0. The van der Waals surface area contributed by atoms with Crippen molar-refractivity contribution in [2.45, 2.75) is 19.3 Å². The predicted octanol–water partition coefficient (Wildman–Crippen LogP) is 3.24. The minimum absolute atomic E-state index is 0.0405. The first-order valence-corrected chi connectivity index (χ1v) is 9.30. The summed E-state index contributed by atoms with van der Waals surface area (Å²) in [5, 5.41) is 0.847. The number of nitrogens with zero attached hydrogens (tertiary/aromatic N) is 1. The lowest BCUT2D eigenvalue weighted by atomic mass is 9.92. The molecule has 1 aliphatic heterocycles. The molecule has 7 heteroatoms. The molecule has 0 amide bonds. The molecule has 1 heterocycles. The van der Waals surface area contributed by atoms with Gasteiger partial charge in [0, 0.05) is 35.1 Å². The maximum atomic E-state index is 12.3. The van der Waals surface area contributed by atoms with Gasteiger partial charge in [-0.3, -0.25) is 4.79 Å². The lowest BCUT2D eigenvalue weighted by Crippen LogP contribution is -2.39. The Labute approximate surface area is 135 Å². The van der Waals surface area contributed by atoms with Crippen LogP contribution in [-0.2, 0) is 10.0 Å². The van der Waals surface area contributed by atoms with Crippen LogP contribution in [0, 0.1) is 5.92 Å². The van der Waals surface area contributed by atoms with Crippen molar-refractivity contribution >= 4 is 39.0 Å². The zero-order valence-electron chi connectivity index (χ0n) is 11.7. The Morgan fingerprint density at radius 3 is 2.48 bits per heavy atom. The quantitative estimate of drug-likeness (QED) is 0.784. The number of rotatable bonds is 4. The molecule has 0 aromatic heterocycles. The number of hydrogen-bond acceptors (Lipinski definition) is 3. The summed E-state index contributed by atoms with van der Waals surface area (Å²) in [7, 11) is -3.19. The van der Waals surface area contributed by atoms with Gasteiger partial charge in [0.1, 0.15) is 0 Å². The standard InChI is InChI=1S/C14H17Cl2NO3S/c1-21(19,20)17-4-2-3-10(9-17)5-14(18)11-6-12(15)8-13(16)7-11/h6-8,10H,2-5,9H2,1H3.